The van der Waals surface area contributed by atoms with Gasteiger partial charge in [-0.25, -0.2) is 0 Å². The van der Waals surface area contributed by atoms with Gasteiger partial charge in [-0.3, -0.25) is 9.69 Å². The number of amides is 1. The monoisotopic (exact) mass is 253 g/mol. The fourth-order valence-corrected chi connectivity index (χ4v) is 2.89. The molecule has 2 aliphatic rings. The summed E-state index contributed by atoms with van der Waals surface area (Å²) in [4.78, 5) is 14.3. The van der Waals surface area contributed by atoms with Crippen molar-refractivity contribution in [1.29, 1.82) is 0 Å². The normalized spacial score (nSPS) is 24.2. The number of hydrogen-bond acceptors (Lipinski definition) is 3. The lowest BCUT2D eigenvalue weighted by Gasteiger charge is -2.26. The van der Waals surface area contributed by atoms with Crippen molar-refractivity contribution in [2.24, 2.45) is 5.73 Å². The molecule has 0 aromatic heterocycles. The van der Waals surface area contributed by atoms with Crippen LogP contribution >= 0.6 is 0 Å². The molecule has 2 aliphatic carbocycles. The maximum absolute atomic E-state index is 11.9. The predicted molar refractivity (Wildman–Crippen MR) is 73.3 cm³/mol. The summed E-state index contributed by atoms with van der Waals surface area (Å²) in [6.45, 7) is 2.91. The molecule has 2 saturated carbocycles. The molecular formula is C14H27N3O. The van der Waals surface area contributed by atoms with Crippen molar-refractivity contribution in [1.82, 2.24) is 10.2 Å². The van der Waals surface area contributed by atoms with Crippen LogP contribution in [0.5, 0.6) is 0 Å². The van der Waals surface area contributed by atoms with Gasteiger partial charge in [-0.2, -0.15) is 0 Å². The second-order valence-corrected chi connectivity index (χ2v) is 6.30. The molecule has 1 unspecified atom stereocenters. The number of likely N-dealkylation sites (N-methyl/N-ethyl adjacent to an activating group) is 1. The van der Waals surface area contributed by atoms with Gasteiger partial charge in [-0.05, 0) is 39.7 Å². The Hall–Kier alpha value is -0.610. The standard InChI is InChI=1S/C14H27N3O/c1-11(17(2)12-5-6-12)10-16-13(18)9-14(15)7-3-4-8-14/h11-12H,3-10,15H2,1-2H3,(H,16,18). The van der Waals surface area contributed by atoms with Crippen LogP contribution in [-0.2, 0) is 4.79 Å². The highest BCUT2D eigenvalue weighted by Gasteiger charge is 2.32. The van der Waals surface area contributed by atoms with Crippen molar-refractivity contribution < 1.29 is 4.79 Å². The zero-order chi connectivity index (χ0) is 13.2. The first-order valence-electron chi connectivity index (χ1n) is 7.28. The Morgan fingerprint density at radius 2 is 2.06 bits per heavy atom. The van der Waals surface area contributed by atoms with Gasteiger partial charge in [-0.1, -0.05) is 12.8 Å². The van der Waals surface area contributed by atoms with E-state index in [9.17, 15) is 4.79 Å². The summed E-state index contributed by atoms with van der Waals surface area (Å²) in [6.07, 6.45) is 7.44. The molecule has 0 saturated heterocycles. The first-order chi connectivity index (χ1) is 8.50. The minimum atomic E-state index is -0.226. The first-order valence-corrected chi connectivity index (χ1v) is 7.28. The number of nitrogens with zero attached hydrogens (tertiary/aromatic N) is 1. The van der Waals surface area contributed by atoms with Crippen molar-refractivity contribution in [3.8, 4) is 0 Å². The lowest BCUT2D eigenvalue weighted by atomic mass is 9.94. The highest BCUT2D eigenvalue weighted by Crippen LogP contribution is 2.30. The van der Waals surface area contributed by atoms with E-state index in [1.807, 2.05) is 0 Å². The molecular weight excluding hydrogens is 226 g/mol. The third kappa shape index (κ3) is 3.69. The van der Waals surface area contributed by atoms with E-state index >= 15 is 0 Å². The molecule has 0 aliphatic heterocycles. The SMILES string of the molecule is CC(CNC(=O)CC1(N)CCCC1)N(C)C1CC1. The minimum Gasteiger partial charge on any atom is -0.354 e. The van der Waals surface area contributed by atoms with Crippen molar-refractivity contribution in [3.05, 3.63) is 0 Å². The molecule has 0 spiro atoms. The second kappa shape index (κ2) is 5.57. The number of carbonyl (C=O) groups is 1. The number of rotatable bonds is 6. The quantitative estimate of drug-likeness (QED) is 0.749. The predicted octanol–water partition coefficient (Wildman–Crippen LogP) is 1.25. The molecule has 1 atom stereocenters. The van der Waals surface area contributed by atoms with Crippen molar-refractivity contribution in [2.75, 3.05) is 13.6 Å². The Bertz CT molecular complexity index is 295. The second-order valence-electron chi connectivity index (χ2n) is 6.30. The van der Waals surface area contributed by atoms with Crippen LogP contribution in [0.4, 0.5) is 0 Å². The molecule has 3 N–H and O–H groups in total. The molecule has 0 aromatic carbocycles. The summed E-state index contributed by atoms with van der Waals surface area (Å²) >= 11 is 0. The van der Waals surface area contributed by atoms with Crippen LogP contribution in [0.1, 0.15) is 51.9 Å². The topological polar surface area (TPSA) is 58.4 Å². The lowest BCUT2D eigenvalue weighted by molar-refractivity contribution is -0.122. The van der Waals surface area contributed by atoms with Crippen molar-refractivity contribution in [2.45, 2.75) is 69.5 Å². The van der Waals surface area contributed by atoms with Crippen LogP contribution in [0, 0.1) is 0 Å². The molecule has 104 valence electrons. The fourth-order valence-electron chi connectivity index (χ4n) is 2.89. The van der Waals surface area contributed by atoms with E-state index in [4.69, 9.17) is 5.73 Å². The van der Waals surface area contributed by atoms with Crippen LogP contribution in [0.25, 0.3) is 0 Å². The third-order valence-electron chi connectivity index (χ3n) is 4.52. The zero-order valence-corrected chi connectivity index (χ0v) is 11.7. The number of nitrogens with one attached hydrogen (secondary N) is 1. The third-order valence-corrected chi connectivity index (χ3v) is 4.52. The van der Waals surface area contributed by atoms with Crippen LogP contribution in [0.2, 0.25) is 0 Å². The van der Waals surface area contributed by atoms with Crippen molar-refractivity contribution in [3.63, 3.8) is 0 Å². The average Bonchev–Trinajstić information content (AvgIpc) is 3.09. The Balaban J connectivity index is 1.67. The summed E-state index contributed by atoms with van der Waals surface area (Å²) < 4.78 is 0. The largest absolute Gasteiger partial charge is 0.354 e. The van der Waals surface area contributed by atoms with Crippen LogP contribution in [0.15, 0.2) is 0 Å². The smallest absolute Gasteiger partial charge is 0.221 e. The zero-order valence-electron chi connectivity index (χ0n) is 11.7. The van der Waals surface area contributed by atoms with Gasteiger partial charge in [0.05, 0.1) is 0 Å². The summed E-state index contributed by atoms with van der Waals surface area (Å²) in [6, 6.07) is 1.16. The van der Waals surface area contributed by atoms with Gasteiger partial charge in [-0.15, -0.1) is 0 Å². The van der Waals surface area contributed by atoms with Crippen LogP contribution in [0.3, 0.4) is 0 Å². The van der Waals surface area contributed by atoms with Crippen LogP contribution in [-0.4, -0.2) is 42.0 Å². The summed E-state index contributed by atoms with van der Waals surface area (Å²) in [7, 11) is 2.15. The summed E-state index contributed by atoms with van der Waals surface area (Å²) in [5.41, 5.74) is 5.99. The van der Waals surface area contributed by atoms with E-state index in [1.54, 1.807) is 0 Å². The Morgan fingerprint density at radius 1 is 1.44 bits per heavy atom. The molecule has 18 heavy (non-hydrogen) atoms. The lowest BCUT2D eigenvalue weighted by Crippen LogP contribution is -2.45. The maximum Gasteiger partial charge on any atom is 0.221 e. The summed E-state index contributed by atoms with van der Waals surface area (Å²) in [5, 5.41) is 3.04. The molecule has 2 rings (SSSR count). The molecule has 0 bridgehead atoms. The van der Waals surface area contributed by atoms with E-state index in [0.29, 0.717) is 12.5 Å². The van der Waals surface area contributed by atoms with Crippen molar-refractivity contribution >= 4 is 5.91 Å². The van der Waals surface area contributed by atoms with Crippen LogP contribution < -0.4 is 11.1 Å². The van der Waals surface area contributed by atoms with Gasteiger partial charge in [0.15, 0.2) is 0 Å². The summed E-state index contributed by atoms with van der Waals surface area (Å²) in [5.74, 6) is 0.121. The van der Waals surface area contributed by atoms with Gasteiger partial charge < -0.3 is 11.1 Å². The molecule has 1 amide bonds. The van der Waals surface area contributed by atoms with Gasteiger partial charge in [0.2, 0.25) is 5.91 Å². The maximum atomic E-state index is 11.9. The Labute approximate surface area is 110 Å². The molecule has 4 heteroatoms. The number of hydrogen-bond donors (Lipinski definition) is 2. The number of carbonyl (C=O) groups excluding carboxylic acids is 1. The molecule has 2 fully saturated rings. The molecule has 0 heterocycles. The van der Waals surface area contributed by atoms with Gasteiger partial charge in [0.25, 0.3) is 0 Å². The van der Waals surface area contributed by atoms with E-state index in [1.165, 1.54) is 25.7 Å². The molecule has 0 aromatic rings. The Kier molecular flexibility index (Phi) is 4.28. The average molecular weight is 253 g/mol. The fraction of sp³-hybridized carbons (Fsp3) is 0.929. The van der Waals surface area contributed by atoms with Gasteiger partial charge in [0, 0.05) is 30.6 Å². The molecule has 0 radical (unpaired) electrons. The van der Waals surface area contributed by atoms with E-state index in [-0.39, 0.29) is 11.4 Å². The Morgan fingerprint density at radius 3 is 2.61 bits per heavy atom. The highest BCUT2D eigenvalue weighted by molar-refractivity contribution is 5.77. The van der Waals surface area contributed by atoms with Gasteiger partial charge >= 0.3 is 0 Å². The van der Waals surface area contributed by atoms with E-state index in [0.717, 1.165) is 25.4 Å². The van der Waals surface area contributed by atoms with Gasteiger partial charge in [0.1, 0.15) is 0 Å². The number of nitrogens with two attached hydrogens (primary N) is 1. The minimum absolute atomic E-state index is 0.121. The first kappa shape index (κ1) is 13.8. The van der Waals surface area contributed by atoms with E-state index in [2.05, 4.69) is 24.2 Å². The van der Waals surface area contributed by atoms with E-state index < -0.39 is 0 Å². The highest BCUT2D eigenvalue weighted by atomic mass is 16.1. The molecule has 4 nitrogen and oxygen atoms in total.